The van der Waals surface area contributed by atoms with Gasteiger partial charge in [-0.2, -0.15) is 0 Å². The van der Waals surface area contributed by atoms with Crippen molar-refractivity contribution >= 4 is 8.03 Å². The second kappa shape index (κ2) is 5.79. The van der Waals surface area contributed by atoms with Crippen LogP contribution in [0.2, 0.25) is 0 Å². The van der Waals surface area contributed by atoms with Crippen LogP contribution in [0.5, 0.6) is 0 Å². The van der Waals surface area contributed by atoms with Crippen LogP contribution in [0.4, 0.5) is 0 Å². The monoisotopic (exact) mass is 206 g/mol. The van der Waals surface area contributed by atoms with E-state index < -0.39 is 8.03 Å². The van der Waals surface area contributed by atoms with Crippen LogP contribution in [0.15, 0.2) is 0 Å². The molecule has 0 aromatic heterocycles. The third-order valence-electron chi connectivity index (χ3n) is 2.77. The van der Waals surface area contributed by atoms with E-state index in [9.17, 15) is 9.67 Å². The molecule has 0 bridgehead atoms. The number of unbranched alkanes of at least 4 members (excludes halogenated alkanes) is 1. The average Bonchev–Trinajstić information content (AvgIpc) is 2.45. The fraction of sp³-hybridized carbons (Fsp3) is 1.00. The molecule has 0 aromatic rings. The quantitative estimate of drug-likeness (QED) is 0.532. The second-order valence-corrected chi connectivity index (χ2v) is 5.26. The number of hydrogen-bond donors (Lipinski definition) is 2. The van der Waals surface area contributed by atoms with Crippen LogP contribution in [0.1, 0.15) is 38.5 Å². The fourth-order valence-electron chi connectivity index (χ4n) is 2.02. The molecular weight excluding hydrogens is 187 g/mol. The molecule has 2 N–H and O–H groups in total. The normalized spacial score (nSPS) is 30.6. The van der Waals surface area contributed by atoms with Crippen LogP contribution in [-0.2, 0) is 4.57 Å². The van der Waals surface area contributed by atoms with Crippen molar-refractivity contribution < 1.29 is 14.6 Å². The van der Waals surface area contributed by atoms with Gasteiger partial charge in [-0.15, -0.1) is 0 Å². The third-order valence-corrected chi connectivity index (χ3v) is 3.55. The van der Waals surface area contributed by atoms with Gasteiger partial charge < -0.3 is 10.00 Å². The van der Waals surface area contributed by atoms with Gasteiger partial charge in [0.2, 0.25) is 0 Å². The van der Waals surface area contributed by atoms with Gasteiger partial charge in [-0.3, -0.25) is 4.57 Å². The summed E-state index contributed by atoms with van der Waals surface area (Å²) in [5, 5.41) is 9.26. The number of hydrogen-bond acceptors (Lipinski definition) is 2. The van der Waals surface area contributed by atoms with Gasteiger partial charge in [0.25, 0.3) is 0 Å². The van der Waals surface area contributed by atoms with Gasteiger partial charge in [-0.25, -0.2) is 0 Å². The molecular formula is C9H19O3P. The first-order valence-electron chi connectivity index (χ1n) is 5.08. The van der Waals surface area contributed by atoms with Crippen LogP contribution in [0, 0.1) is 5.92 Å². The van der Waals surface area contributed by atoms with E-state index in [1.54, 1.807) is 0 Å². The molecule has 3 unspecified atom stereocenters. The predicted molar refractivity (Wildman–Crippen MR) is 53.3 cm³/mol. The van der Waals surface area contributed by atoms with Gasteiger partial charge in [0.1, 0.15) is 0 Å². The van der Waals surface area contributed by atoms with Gasteiger partial charge in [-0.1, -0.05) is 12.8 Å². The molecule has 3 atom stereocenters. The Hall–Kier alpha value is 0.150. The molecule has 78 valence electrons. The average molecular weight is 206 g/mol. The molecule has 0 heterocycles. The highest BCUT2D eigenvalue weighted by Gasteiger charge is 2.21. The Balaban J connectivity index is 1.97. The third kappa shape index (κ3) is 4.80. The summed E-state index contributed by atoms with van der Waals surface area (Å²) in [4.78, 5) is 8.59. The van der Waals surface area contributed by atoms with E-state index in [0.29, 0.717) is 12.1 Å². The zero-order valence-electron chi connectivity index (χ0n) is 7.91. The Morgan fingerprint density at radius 3 is 2.62 bits per heavy atom. The van der Waals surface area contributed by atoms with E-state index in [1.165, 1.54) is 0 Å². The van der Waals surface area contributed by atoms with Gasteiger partial charge in [0, 0.05) is 6.16 Å². The minimum absolute atomic E-state index is 0.0815. The smallest absolute Gasteiger partial charge is 0.189 e. The lowest BCUT2D eigenvalue weighted by Gasteiger charge is -2.07. The SMILES string of the molecule is O=[PH](O)CCCCC1CCC(O)C1. The van der Waals surface area contributed by atoms with E-state index in [2.05, 4.69) is 0 Å². The minimum atomic E-state index is -2.24. The van der Waals surface area contributed by atoms with E-state index >= 15 is 0 Å². The van der Waals surface area contributed by atoms with Crippen molar-refractivity contribution in [3.63, 3.8) is 0 Å². The number of rotatable bonds is 5. The van der Waals surface area contributed by atoms with Gasteiger partial charge >= 0.3 is 0 Å². The molecule has 1 aliphatic carbocycles. The molecule has 0 amide bonds. The maximum absolute atomic E-state index is 10.4. The van der Waals surface area contributed by atoms with Crippen molar-refractivity contribution in [3.05, 3.63) is 0 Å². The van der Waals surface area contributed by atoms with Crippen LogP contribution >= 0.6 is 8.03 Å². The highest BCUT2D eigenvalue weighted by atomic mass is 31.1. The van der Waals surface area contributed by atoms with Crippen LogP contribution in [0.25, 0.3) is 0 Å². The van der Waals surface area contributed by atoms with Crippen LogP contribution < -0.4 is 0 Å². The first-order chi connectivity index (χ1) is 6.18. The van der Waals surface area contributed by atoms with Crippen molar-refractivity contribution in [3.8, 4) is 0 Å². The lowest BCUT2D eigenvalue weighted by molar-refractivity contribution is 0.176. The van der Waals surface area contributed by atoms with Crippen LogP contribution in [-0.4, -0.2) is 22.3 Å². The van der Waals surface area contributed by atoms with Gasteiger partial charge in [-0.05, 0) is 31.6 Å². The van der Waals surface area contributed by atoms with Crippen molar-refractivity contribution in [1.29, 1.82) is 0 Å². The van der Waals surface area contributed by atoms with Crippen molar-refractivity contribution in [1.82, 2.24) is 0 Å². The molecule has 0 spiro atoms. The lowest BCUT2D eigenvalue weighted by atomic mass is 10.0. The Morgan fingerprint density at radius 1 is 1.31 bits per heavy atom. The van der Waals surface area contributed by atoms with E-state index in [4.69, 9.17) is 4.89 Å². The second-order valence-electron chi connectivity index (χ2n) is 3.97. The predicted octanol–water partition coefficient (Wildman–Crippen LogP) is 1.78. The minimum Gasteiger partial charge on any atom is -0.393 e. The Labute approximate surface area is 80.0 Å². The Bertz CT molecular complexity index is 172. The molecule has 0 saturated heterocycles. The molecule has 0 aromatic carbocycles. The van der Waals surface area contributed by atoms with E-state index in [-0.39, 0.29) is 6.10 Å². The van der Waals surface area contributed by atoms with E-state index in [1.807, 2.05) is 0 Å². The summed E-state index contributed by atoms with van der Waals surface area (Å²) in [5.41, 5.74) is 0. The maximum atomic E-state index is 10.4. The number of aliphatic hydroxyl groups excluding tert-OH is 1. The molecule has 4 heteroatoms. The summed E-state index contributed by atoms with van der Waals surface area (Å²) in [6.45, 7) is 0. The summed E-state index contributed by atoms with van der Waals surface area (Å²) >= 11 is 0. The van der Waals surface area contributed by atoms with Gasteiger partial charge in [0.05, 0.1) is 6.10 Å². The Morgan fingerprint density at radius 2 is 2.08 bits per heavy atom. The van der Waals surface area contributed by atoms with E-state index in [0.717, 1.165) is 38.5 Å². The highest BCUT2D eigenvalue weighted by Crippen LogP contribution is 2.30. The van der Waals surface area contributed by atoms with Crippen LogP contribution in [0.3, 0.4) is 0 Å². The van der Waals surface area contributed by atoms with Crippen molar-refractivity contribution in [2.45, 2.75) is 44.6 Å². The molecule has 1 aliphatic rings. The van der Waals surface area contributed by atoms with Gasteiger partial charge in [0.15, 0.2) is 8.03 Å². The molecule has 0 radical (unpaired) electrons. The van der Waals surface area contributed by atoms with Crippen molar-refractivity contribution in [2.75, 3.05) is 6.16 Å². The molecule has 0 aliphatic heterocycles. The maximum Gasteiger partial charge on any atom is 0.189 e. The summed E-state index contributed by atoms with van der Waals surface area (Å²) in [7, 11) is -2.24. The molecule has 1 fully saturated rings. The lowest BCUT2D eigenvalue weighted by Crippen LogP contribution is -2.00. The summed E-state index contributed by atoms with van der Waals surface area (Å²) < 4.78 is 10.4. The first kappa shape index (κ1) is 11.2. The summed E-state index contributed by atoms with van der Waals surface area (Å²) in [5.74, 6) is 0.663. The number of aliphatic hydroxyl groups is 1. The molecule has 3 nitrogen and oxygen atoms in total. The standard InChI is InChI=1S/C9H19O3P/c10-9-5-4-8(7-9)3-1-2-6-13(11)12/h8-10,13H,1-7H2,(H,11,12). The largest absolute Gasteiger partial charge is 0.393 e. The zero-order chi connectivity index (χ0) is 9.68. The molecule has 13 heavy (non-hydrogen) atoms. The zero-order valence-corrected chi connectivity index (χ0v) is 8.91. The fourth-order valence-corrected chi connectivity index (χ4v) is 2.57. The summed E-state index contributed by atoms with van der Waals surface area (Å²) in [6, 6.07) is 0. The first-order valence-corrected chi connectivity index (χ1v) is 6.64. The highest BCUT2D eigenvalue weighted by molar-refractivity contribution is 7.37. The molecule has 1 rings (SSSR count). The van der Waals surface area contributed by atoms with Crippen molar-refractivity contribution in [2.24, 2.45) is 5.92 Å². The summed E-state index contributed by atoms with van der Waals surface area (Å²) in [6.07, 6.45) is 6.42. The topological polar surface area (TPSA) is 57.5 Å². The molecule has 1 saturated carbocycles. The Kier molecular flexibility index (Phi) is 5.00.